The van der Waals surface area contributed by atoms with Gasteiger partial charge >= 0.3 is 0 Å². The zero-order valence-corrected chi connectivity index (χ0v) is 14.8. The quantitative estimate of drug-likeness (QED) is 0.242. The SMILES string of the molecule is N=C(N)c1cccc(-c2ccc(O)c(-c3nc4ccc(C(=N)N)cc4[nH]3)c2)c1. The third-order valence-corrected chi connectivity index (χ3v) is 4.55. The van der Waals surface area contributed by atoms with E-state index in [9.17, 15) is 5.11 Å². The Bertz CT molecular complexity index is 1240. The second kappa shape index (κ2) is 6.55. The smallest absolute Gasteiger partial charge is 0.142 e. The molecule has 0 radical (unpaired) electrons. The largest absolute Gasteiger partial charge is 0.507 e. The van der Waals surface area contributed by atoms with Gasteiger partial charge in [-0.25, -0.2) is 4.98 Å². The van der Waals surface area contributed by atoms with Crippen LogP contribution in [0.4, 0.5) is 0 Å². The van der Waals surface area contributed by atoms with Crippen LogP contribution in [0, 0.1) is 10.8 Å². The van der Waals surface area contributed by atoms with Crippen LogP contribution in [0.3, 0.4) is 0 Å². The summed E-state index contributed by atoms with van der Waals surface area (Å²) in [6.45, 7) is 0. The molecule has 0 bridgehead atoms. The van der Waals surface area contributed by atoms with E-state index in [2.05, 4.69) is 9.97 Å². The molecule has 0 atom stereocenters. The van der Waals surface area contributed by atoms with Gasteiger partial charge in [0.05, 0.1) is 16.6 Å². The van der Waals surface area contributed by atoms with Crippen LogP contribution in [0.2, 0.25) is 0 Å². The highest BCUT2D eigenvalue weighted by atomic mass is 16.3. The van der Waals surface area contributed by atoms with Gasteiger partial charge in [0.2, 0.25) is 0 Å². The summed E-state index contributed by atoms with van der Waals surface area (Å²) < 4.78 is 0. The number of nitrogens with zero attached hydrogens (tertiary/aromatic N) is 1. The Hall–Kier alpha value is -4.13. The molecular formula is C21H18N6O. The highest BCUT2D eigenvalue weighted by Crippen LogP contribution is 2.33. The maximum Gasteiger partial charge on any atom is 0.142 e. The van der Waals surface area contributed by atoms with Gasteiger partial charge in [-0.2, -0.15) is 0 Å². The molecule has 0 saturated heterocycles. The van der Waals surface area contributed by atoms with E-state index < -0.39 is 0 Å². The van der Waals surface area contributed by atoms with Gasteiger partial charge in [-0.15, -0.1) is 0 Å². The average Bonchev–Trinajstić information content (AvgIpc) is 3.11. The van der Waals surface area contributed by atoms with Crippen molar-refractivity contribution < 1.29 is 5.11 Å². The molecule has 7 nitrogen and oxygen atoms in total. The van der Waals surface area contributed by atoms with Crippen molar-refractivity contribution in [2.24, 2.45) is 11.5 Å². The summed E-state index contributed by atoms with van der Waals surface area (Å²) in [5, 5.41) is 25.6. The number of aromatic amines is 1. The number of phenols is 1. The predicted molar refractivity (Wildman–Crippen MR) is 111 cm³/mol. The van der Waals surface area contributed by atoms with Crippen LogP contribution >= 0.6 is 0 Å². The number of aromatic hydroxyl groups is 1. The van der Waals surface area contributed by atoms with Crippen LogP contribution < -0.4 is 11.5 Å². The molecule has 0 saturated carbocycles. The van der Waals surface area contributed by atoms with E-state index in [-0.39, 0.29) is 17.4 Å². The Balaban J connectivity index is 1.81. The lowest BCUT2D eigenvalue weighted by Gasteiger charge is -2.08. The van der Waals surface area contributed by atoms with Gasteiger partial charge in [0, 0.05) is 11.1 Å². The second-order valence-electron chi connectivity index (χ2n) is 6.46. The van der Waals surface area contributed by atoms with Gasteiger partial charge in [0.15, 0.2) is 0 Å². The number of benzene rings is 3. The van der Waals surface area contributed by atoms with Crippen LogP contribution in [-0.4, -0.2) is 26.7 Å². The van der Waals surface area contributed by atoms with Crippen LogP contribution in [0.25, 0.3) is 33.5 Å². The average molecular weight is 370 g/mol. The minimum Gasteiger partial charge on any atom is -0.507 e. The normalized spacial score (nSPS) is 10.9. The highest BCUT2D eigenvalue weighted by Gasteiger charge is 2.13. The van der Waals surface area contributed by atoms with Gasteiger partial charge in [-0.3, -0.25) is 10.8 Å². The van der Waals surface area contributed by atoms with E-state index in [4.69, 9.17) is 22.3 Å². The number of hydrogen-bond donors (Lipinski definition) is 6. The van der Waals surface area contributed by atoms with Crippen LogP contribution in [0.1, 0.15) is 11.1 Å². The van der Waals surface area contributed by atoms with E-state index >= 15 is 0 Å². The molecule has 0 unspecified atom stereocenters. The van der Waals surface area contributed by atoms with Crippen molar-refractivity contribution >= 4 is 22.7 Å². The molecule has 0 amide bonds. The Labute approximate surface area is 160 Å². The monoisotopic (exact) mass is 370 g/mol. The molecule has 8 N–H and O–H groups in total. The van der Waals surface area contributed by atoms with Gasteiger partial charge in [0.1, 0.15) is 23.2 Å². The third kappa shape index (κ3) is 3.05. The lowest BCUT2D eigenvalue weighted by atomic mass is 10.00. The Morgan fingerprint density at radius 2 is 1.57 bits per heavy atom. The minimum atomic E-state index is -0.0201. The van der Waals surface area contributed by atoms with E-state index in [1.807, 2.05) is 24.3 Å². The summed E-state index contributed by atoms with van der Waals surface area (Å²) in [5.74, 6) is 0.586. The fourth-order valence-electron chi connectivity index (χ4n) is 3.08. The molecule has 28 heavy (non-hydrogen) atoms. The molecule has 0 fully saturated rings. The number of imidazole rings is 1. The number of nitrogens with one attached hydrogen (secondary N) is 3. The predicted octanol–water partition coefficient (Wildman–Crippen LogP) is 3.17. The summed E-state index contributed by atoms with van der Waals surface area (Å²) in [4.78, 5) is 7.72. The molecule has 4 aromatic rings. The van der Waals surface area contributed by atoms with E-state index in [1.54, 1.807) is 36.4 Å². The number of nitrogen functional groups attached to an aromatic ring is 2. The number of fused-ring (bicyclic) bond motifs is 1. The molecule has 7 heteroatoms. The van der Waals surface area contributed by atoms with E-state index in [0.29, 0.717) is 28.0 Å². The first-order chi connectivity index (χ1) is 13.4. The molecule has 0 aliphatic carbocycles. The first kappa shape index (κ1) is 17.3. The van der Waals surface area contributed by atoms with Crippen molar-refractivity contribution in [3.05, 3.63) is 71.8 Å². The van der Waals surface area contributed by atoms with E-state index in [1.165, 1.54) is 0 Å². The van der Waals surface area contributed by atoms with Crippen molar-refractivity contribution in [1.82, 2.24) is 9.97 Å². The van der Waals surface area contributed by atoms with Crippen LogP contribution in [-0.2, 0) is 0 Å². The first-order valence-electron chi connectivity index (χ1n) is 8.55. The number of rotatable bonds is 4. The number of H-pyrrole nitrogens is 1. The van der Waals surface area contributed by atoms with Gasteiger partial charge < -0.3 is 21.6 Å². The zero-order chi connectivity index (χ0) is 19.8. The summed E-state index contributed by atoms with van der Waals surface area (Å²) in [6.07, 6.45) is 0. The minimum absolute atomic E-state index is 0.000545. The number of phenolic OH excluding ortho intramolecular Hbond substituents is 1. The molecule has 4 rings (SSSR count). The Kier molecular flexibility index (Phi) is 4.04. The molecule has 0 aliphatic heterocycles. The number of nitrogens with two attached hydrogens (primary N) is 2. The zero-order valence-electron chi connectivity index (χ0n) is 14.8. The van der Waals surface area contributed by atoms with Crippen molar-refractivity contribution in [2.75, 3.05) is 0 Å². The maximum atomic E-state index is 10.4. The summed E-state index contributed by atoms with van der Waals surface area (Å²) in [7, 11) is 0. The van der Waals surface area contributed by atoms with Gasteiger partial charge in [-0.05, 0) is 47.5 Å². The Morgan fingerprint density at radius 3 is 2.32 bits per heavy atom. The van der Waals surface area contributed by atoms with Gasteiger partial charge in [-0.1, -0.05) is 24.3 Å². The molecular weight excluding hydrogens is 352 g/mol. The van der Waals surface area contributed by atoms with Crippen LogP contribution in [0.15, 0.2) is 60.7 Å². The van der Waals surface area contributed by atoms with E-state index in [0.717, 1.165) is 16.6 Å². The Morgan fingerprint density at radius 1 is 0.857 bits per heavy atom. The number of amidine groups is 2. The highest BCUT2D eigenvalue weighted by molar-refractivity contribution is 5.98. The third-order valence-electron chi connectivity index (χ3n) is 4.55. The summed E-state index contributed by atoms with van der Waals surface area (Å²) >= 11 is 0. The lowest BCUT2D eigenvalue weighted by molar-refractivity contribution is 0.477. The summed E-state index contributed by atoms with van der Waals surface area (Å²) in [5.41, 5.74) is 16.1. The standard InChI is InChI=1S/C21H18N6O/c22-19(23)13-3-1-2-11(8-13)12-5-7-18(28)15(9-12)21-26-16-6-4-14(20(24)25)10-17(16)27-21/h1-10,28H,(H3,22,23)(H3,24,25)(H,26,27). The topological polar surface area (TPSA) is 149 Å². The summed E-state index contributed by atoms with van der Waals surface area (Å²) in [6, 6.07) is 17.9. The molecule has 3 aromatic carbocycles. The maximum absolute atomic E-state index is 10.4. The van der Waals surface area contributed by atoms with Gasteiger partial charge in [0.25, 0.3) is 0 Å². The first-order valence-corrected chi connectivity index (χ1v) is 8.55. The molecule has 138 valence electrons. The van der Waals surface area contributed by atoms with Crippen LogP contribution in [0.5, 0.6) is 5.75 Å². The fourth-order valence-corrected chi connectivity index (χ4v) is 3.08. The van der Waals surface area contributed by atoms with Crippen molar-refractivity contribution in [2.45, 2.75) is 0 Å². The fraction of sp³-hybridized carbons (Fsp3) is 0. The number of hydrogen-bond acceptors (Lipinski definition) is 4. The van der Waals surface area contributed by atoms with Crippen molar-refractivity contribution in [1.29, 1.82) is 10.8 Å². The lowest BCUT2D eigenvalue weighted by Crippen LogP contribution is -2.10. The number of aromatic nitrogens is 2. The molecule has 0 spiro atoms. The van der Waals surface area contributed by atoms with Crippen molar-refractivity contribution in [3.63, 3.8) is 0 Å². The molecule has 0 aliphatic rings. The van der Waals surface area contributed by atoms with Crippen molar-refractivity contribution in [3.8, 4) is 28.3 Å². The second-order valence-corrected chi connectivity index (χ2v) is 6.46. The molecule has 1 heterocycles. The molecule has 1 aromatic heterocycles.